The second-order valence-electron chi connectivity index (χ2n) is 9.92. The van der Waals surface area contributed by atoms with Gasteiger partial charge in [-0.1, -0.05) is 31.4 Å². The van der Waals surface area contributed by atoms with Gasteiger partial charge in [0.1, 0.15) is 0 Å². The first-order valence-electron chi connectivity index (χ1n) is 10.7. The summed E-state index contributed by atoms with van der Waals surface area (Å²) in [4.78, 5) is 23.6. The molecule has 0 bridgehead atoms. The van der Waals surface area contributed by atoms with Gasteiger partial charge in [0.05, 0.1) is 12.2 Å². The summed E-state index contributed by atoms with van der Waals surface area (Å²) in [6, 6.07) is 0. The zero-order chi connectivity index (χ0) is 21.9. The molecular formula is C23H32O7. The van der Waals surface area contributed by atoms with Crippen molar-refractivity contribution in [3.8, 4) is 12.3 Å². The fourth-order valence-electron chi connectivity index (χ4n) is 6.96. The highest BCUT2D eigenvalue weighted by Gasteiger charge is 2.72. The Bertz CT molecular complexity index is 787. The molecule has 0 aromatic rings. The molecule has 0 aromatic heterocycles. The molecule has 3 fully saturated rings. The number of aliphatic hydroxyl groups is 3. The maximum Gasteiger partial charge on any atom is 0.180 e. The summed E-state index contributed by atoms with van der Waals surface area (Å²) >= 11 is 0. The predicted octanol–water partition coefficient (Wildman–Crippen LogP) is 1.35. The zero-order valence-electron chi connectivity index (χ0n) is 17.8. The van der Waals surface area contributed by atoms with Crippen molar-refractivity contribution in [2.24, 2.45) is 28.6 Å². The van der Waals surface area contributed by atoms with E-state index >= 15 is 0 Å². The Morgan fingerprint density at radius 1 is 1.27 bits per heavy atom. The molecule has 4 rings (SSSR count). The molecule has 166 valence electrons. The Morgan fingerprint density at radius 2 is 2.00 bits per heavy atom. The number of ketones is 1. The predicted molar refractivity (Wildman–Crippen MR) is 106 cm³/mol. The van der Waals surface area contributed by atoms with Gasteiger partial charge in [0.2, 0.25) is 0 Å². The molecule has 0 heterocycles. The average Bonchev–Trinajstić information content (AvgIpc) is 2.87. The molecule has 3 saturated carbocycles. The van der Waals surface area contributed by atoms with Gasteiger partial charge in [0, 0.05) is 24.4 Å². The molecule has 4 unspecified atom stereocenters. The van der Waals surface area contributed by atoms with Crippen LogP contribution in [0.5, 0.6) is 0 Å². The molecular weight excluding hydrogens is 388 g/mol. The first-order valence-corrected chi connectivity index (χ1v) is 10.7. The van der Waals surface area contributed by atoms with Crippen LogP contribution in [0.1, 0.15) is 46.0 Å². The minimum absolute atomic E-state index is 0.0580. The van der Waals surface area contributed by atoms with Crippen LogP contribution >= 0.6 is 0 Å². The molecule has 0 spiro atoms. The van der Waals surface area contributed by atoms with Gasteiger partial charge in [-0.15, -0.1) is 6.42 Å². The topological polar surface area (TPSA) is 105 Å². The van der Waals surface area contributed by atoms with Crippen molar-refractivity contribution < 1.29 is 34.6 Å². The number of carbonyl (C=O) groups excluding carboxylic acids is 1. The van der Waals surface area contributed by atoms with Crippen LogP contribution < -0.4 is 0 Å². The fraction of sp³-hybridized carbons (Fsp3) is 0.783. The number of rotatable bonds is 4. The van der Waals surface area contributed by atoms with Crippen LogP contribution in [0.25, 0.3) is 0 Å². The molecule has 9 atom stereocenters. The van der Waals surface area contributed by atoms with E-state index in [0.29, 0.717) is 12.8 Å². The highest BCUT2D eigenvalue weighted by molar-refractivity contribution is 5.92. The maximum atomic E-state index is 13.1. The number of carbonyl (C=O) groups is 1. The van der Waals surface area contributed by atoms with Crippen LogP contribution in [-0.2, 0) is 19.3 Å². The summed E-state index contributed by atoms with van der Waals surface area (Å²) in [5, 5.41) is 32.7. The SMILES string of the molecule is C#C[C@]1(O)C(O)C(=O)C2C3C(CC[C@@]21C)[C@@]1(C)CC[C@H](OOCOC)CC1=C[C@@H]3O. The van der Waals surface area contributed by atoms with Crippen molar-refractivity contribution in [1.82, 2.24) is 0 Å². The van der Waals surface area contributed by atoms with Gasteiger partial charge in [0.15, 0.2) is 24.3 Å². The monoisotopic (exact) mass is 420 g/mol. The van der Waals surface area contributed by atoms with Crippen LogP contribution in [0.2, 0.25) is 0 Å². The van der Waals surface area contributed by atoms with Crippen molar-refractivity contribution in [1.29, 1.82) is 0 Å². The summed E-state index contributed by atoms with van der Waals surface area (Å²) in [6.07, 6.45) is 8.39. The molecule has 0 aliphatic heterocycles. The van der Waals surface area contributed by atoms with E-state index in [0.717, 1.165) is 24.8 Å². The molecule has 0 amide bonds. The average molecular weight is 421 g/mol. The molecule has 4 aliphatic rings. The van der Waals surface area contributed by atoms with Crippen molar-refractivity contribution in [3.63, 3.8) is 0 Å². The third kappa shape index (κ3) is 2.78. The van der Waals surface area contributed by atoms with Crippen molar-refractivity contribution in [2.75, 3.05) is 13.9 Å². The number of terminal acetylenes is 1. The van der Waals surface area contributed by atoms with Crippen LogP contribution in [0.4, 0.5) is 0 Å². The maximum absolute atomic E-state index is 13.1. The standard InChI is InChI=1S/C23H32O7/c1-5-23(27)20(26)19(25)18-17-15(7-9-22(18,23)3)21(2)8-6-14(30-29-12-28-4)10-13(21)11-16(17)24/h1,11,14-18,20,24,26-27H,6-10,12H2,2-4H3/t14-,15?,16-,17?,18?,20?,21-,22-,23-/m0/s1. The van der Waals surface area contributed by atoms with Crippen molar-refractivity contribution in [2.45, 2.75) is 69.9 Å². The van der Waals surface area contributed by atoms with Crippen LogP contribution in [0, 0.1) is 40.9 Å². The van der Waals surface area contributed by atoms with Gasteiger partial charge in [-0.2, -0.15) is 0 Å². The number of fused-ring (bicyclic) bond motifs is 5. The molecule has 3 N–H and O–H groups in total. The normalized spacial score (nSPS) is 50.2. The van der Waals surface area contributed by atoms with E-state index in [9.17, 15) is 20.1 Å². The van der Waals surface area contributed by atoms with Crippen molar-refractivity contribution in [3.05, 3.63) is 11.6 Å². The number of aliphatic hydroxyl groups excluding tert-OH is 2. The Hall–Kier alpha value is -1.27. The summed E-state index contributed by atoms with van der Waals surface area (Å²) < 4.78 is 4.85. The minimum atomic E-state index is -1.91. The van der Waals surface area contributed by atoms with E-state index in [1.54, 1.807) is 6.92 Å². The van der Waals surface area contributed by atoms with Crippen molar-refractivity contribution >= 4 is 5.78 Å². The third-order valence-corrected chi connectivity index (χ3v) is 8.69. The largest absolute Gasteiger partial charge is 0.389 e. The highest BCUT2D eigenvalue weighted by atomic mass is 17.2. The molecule has 0 saturated heterocycles. The summed E-state index contributed by atoms with van der Waals surface area (Å²) in [7, 11) is 1.53. The molecule has 30 heavy (non-hydrogen) atoms. The van der Waals surface area contributed by atoms with E-state index in [1.807, 2.05) is 6.08 Å². The zero-order valence-corrected chi connectivity index (χ0v) is 17.8. The Balaban J connectivity index is 1.66. The number of Topliss-reactive ketones (excluding diaryl/α,β-unsaturated/α-hetero) is 1. The lowest BCUT2D eigenvalue weighted by Crippen LogP contribution is -2.58. The van der Waals surface area contributed by atoms with Crippen LogP contribution in [0.15, 0.2) is 11.6 Å². The first-order chi connectivity index (χ1) is 14.1. The molecule has 4 aliphatic carbocycles. The number of hydrogen-bond acceptors (Lipinski definition) is 7. The summed E-state index contributed by atoms with van der Waals surface area (Å²) in [5.74, 6) is 0.855. The molecule has 0 radical (unpaired) electrons. The molecule has 7 heteroatoms. The first kappa shape index (κ1) is 21.9. The van der Waals surface area contributed by atoms with E-state index in [-0.39, 0.29) is 30.1 Å². The van der Waals surface area contributed by atoms with E-state index in [1.165, 1.54) is 7.11 Å². The van der Waals surface area contributed by atoms with Crippen LogP contribution in [0.3, 0.4) is 0 Å². The lowest BCUT2D eigenvalue weighted by atomic mass is 9.46. The lowest BCUT2D eigenvalue weighted by molar-refractivity contribution is -0.360. The highest BCUT2D eigenvalue weighted by Crippen LogP contribution is 2.66. The van der Waals surface area contributed by atoms with Gasteiger partial charge in [-0.3, -0.25) is 4.79 Å². The summed E-state index contributed by atoms with van der Waals surface area (Å²) in [5.41, 5.74) is -1.94. The third-order valence-electron chi connectivity index (χ3n) is 8.69. The second kappa shape index (κ2) is 7.40. The lowest BCUT2D eigenvalue weighted by Gasteiger charge is -2.58. The van der Waals surface area contributed by atoms with Gasteiger partial charge in [-0.05, 0) is 43.4 Å². The minimum Gasteiger partial charge on any atom is -0.389 e. The smallest absolute Gasteiger partial charge is 0.180 e. The Morgan fingerprint density at radius 3 is 2.67 bits per heavy atom. The van der Waals surface area contributed by atoms with Gasteiger partial charge < -0.3 is 20.1 Å². The Labute approximate surface area is 177 Å². The van der Waals surface area contributed by atoms with E-state index in [4.69, 9.17) is 20.9 Å². The van der Waals surface area contributed by atoms with Crippen LogP contribution in [-0.4, -0.2) is 58.9 Å². The summed E-state index contributed by atoms with van der Waals surface area (Å²) in [6.45, 7) is 4.04. The quantitative estimate of drug-likeness (QED) is 0.157. The molecule has 7 nitrogen and oxygen atoms in total. The number of methoxy groups -OCH3 is 1. The number of hydrogen-bond donors (Lipinski definition) is 3. The van der Waals surface area contributed by atoms with E-state index < -0.39 is 34.9 Å². The second-order valence-corrected chi connectivity index (χ2v) is 9.92. The number of ether oxygens (including phenoxy) is 1. The van der Waals surface area contributed by atoms with E-state index in [2.05, 4.69) is 12.8 Å². The molecule has 0 aromatic carbocycles. The van der Waals surface area contributed by atoms with Gasteiger partial charge >= 0.3 is 0 Å². The fourth-order valence-corrected chi connectivity index (χ4v) is 6.96. The van der Waals surface area contributed by atoms with Gasteiger partial charge in [-0.25, -0.2) is 9.78 Å². The van der Waals surface area contributed by atoms with Gasteiger partial charge in [0.25, 0.3) is 0 Å². The Kier molecular flexibility index (Phi) is 5.42.